The van der Waals surface area contributed by atoms with Crippen LogP contribution >= 0.6 is 11.8 Å². The van der Waals surface area contributed by atoms with E-state index in [1.807, 2.05) is 24.3 Å². The fraction of sp³-hybridized carbons (Fsp3) is 0.214. The van der Waals surface area contributed by atoms with Crippen molar-refractivity contribution < 1.29 is 23.1 Å². The largest absolute Gasteiger partial charge is 0.481 e. The maximum absolute atomic E-state index is 12.5. The Morgan fingerprint density at radius 1 is 1.15 bits per heavy atom. The van der Waals surface area contributed by atoms with Crippen molar-refractivity contribution in [3.05, 3.63) is 42.5 Å². The van der Waals surface area contributed by atoms with Gasteiger partial charge in [-0.05, 0) is 22.9 Å². The van der Waals surface area contributed by atoms with Crippen LogP contribution in [-0.4, -0.2) is 23.0 Å². The van der Waals surface area contributed by atoms with E-state index in [1.54, 1.807) is 18.2 Å². The molecular weight excluding hydrogens is 289 g/mol. The van der Waals surface area contributed by atoms with E-state index in [0.29, 0.717) is 4.90 Å². The molecular formula is C14H11F3O2S. The molecule has 6 heteroatoms. The lowest BCUT2D eigenvalue weighted by molar-refractivity contribution is -0.188. The van der Waals surface area contributed by atoms with Gasteiger partial charge in [0, 0.05) is 10.6 Å². The van der Waals surface area contributed by atoms with Crippen molar-refractivity contribution >= 4 is 28.5 Å². The number of aliphatic carboxylic acids is 1. The van der Waals surface area contributed by atoms with Crippen LogP contribution in [0, 0.1) is 5.92 Å². The average molecular weight is 300 g/mol. The summed E-state index contributed by atoms with van der Waals surface area (Å²) in [6, 6.07) is 12.7. The molecule has 0 heterocycles. The molecule has 1 N–H and O–H groups in total. The molecule has 0 bridgehead atoms. The number of hydrogen-bond donors (Lipinski definition) is 1. The second-order valence-corrected chi connectivity index (χ2v) is 5.35. The molecule has 0 aliphatic rings. The maximum atomic E-state index is 12.5. The molecule has 1 atom stereocenters. The predicted molar refractivity (Wildman–Crippen MR) is 71.9 cm³/mol. The van der Waals surface area contributed by atoms with Gasteiger partial charge in [-0.25, -0.2) is 0 Å². The minimum atomic E-state index is -4.73. The first-order chi connectivity index (χ1) is 9.38. The normalized spacial score (nSPS) is 13.3. The Balaban J connectivity index is 2.14. The number of halogens is 3. The smallest absolute Gasteiger partial charge is 0.403 e. The third-order valence-electron chi connectivity index (χ3n) is 2.83. The van der Waals surface area contributed by atoms with Crippen LogP contribution in [0.25, 0.3) is 10.8 Å². The minimum absolute atomic E-state index is 0.531. The number of hydrogen-bond acceptors (Lipinski definition) is 2. The molecule has 0 saturated heterocycles. The summed E-state index contributed by atoms with van der Waals surface area (Å²) in [5.41, 5.74) is 0. The molecule has 0 aromatic heterocycles. The highest BCUT2D eigenvalue weighted by Crippen LogP contribution is 2.32. The van der Waals surface area contributed by atoms with Gasteiger partial charge >= 0.3 is 12.1 Å². The lowest BCUT2D eigenvalue weighted by Crippen LogP contribution is -2.32. The van der Waals surface area contributed by atoms with Crippen LogP contribution in [0.3, 0.4) is 0 Å². The second-order valence-electron chi connectivity index (χ2n) is 4.25. The van der Waals surface area contributed by atoms with Crippen LogP contribution in [0.1, 0.15) is 0 Å². The average Bonchev–Trinajstić information content (AvgIpc) is 2.36. The Morgan fingerprint density at radius 2 is 1.80 bits per heavy atom. The zero-order valence-corrected chi connectivity index (χ0v) is 11.0. The SMILES string of the molecule is O=C(O)C(CSc1ccc2ccccc2c1)C(F)(F)F. The molecule has 0 saturated carbocycles. The Bertz CT molecular complexity index is 625. The van der Waals surface area contributed by atoms with E-state index in [1.165, 1.54) is 0 Å². The standard InChI is InChI=1S/C14H11F3O2S/c15-14(16,17)12(13(18)19)8-20-11-6-5-9-3-1-2-4-10(9)7-11/h1-7,12H,8H2,(H,18,19). The maximum Gasteiger partial charge on any atom is 0.403 e. The fourth-order valence-electron chi connectivity index (χ4n) is 1.74. The van der Waals surface area contributed by atoms with E-state index in [9.17, 15) is 18.0 Å². The summed E-state index contributed by atoms with van der Waals surface area (Å²) in [7, 11) is 0. The third-order valence-corrected chi connectivity index (χ3v) is 3.92. The molecule has 0 aliphatic carbocycles. The van der Waals surface area contributed by atoms with Crippen molar-refractivity contribution in [1.29, 1.82) is 0 Å². The highest BCUT2D eigenvalue weighted by Gasteiger charge is 2.44. The van der Waals surface area contributed by atoms with Gasteiger partial charge in [-0.15, -0.1) is 11.8 Å². The number of alkyl halides is 3. The van der Waals surface area contributed by atoms with E-state index in [2.05, 4.69) is 0 Å². The van der Waals surface area contributed by atoms with Crippen LogP contribution in [0.4, 0.5) is 13.2 Å². The van der Waals surface area contributed by atoms with Crippen LogP contribution in [0.2, 0.25) is 0 Å². The van der Waals surface area contributed by atoms with Gasteiger partial charge in [0.15, 0.2) is 5.92 Å². The molecule has 0 spiro atoms. The van der Waals surface area contributed by atoms with Gasteiger partial charge in [0.2, 0.25) is 0 Å². The first-order valence-corrected chi connectivity index (χ1v) is 6.77. The zero-order chi connectivity index (χ0) is 14.8. The summed E-state index contributed by atoms with van der Waals surface area (Å²) in [6.45, 7) is 0. The highest BCUT2D eigenvalue weighted by atomic mass is 32.2. The molecule has 0 amide bonds. The summed E-state index contributed by atoms with van der Waals surface area (Å²) in [4.78, 5) is 11.3. The molecule has 0 radical (unpaired) electrons. The topological polar surface area (TPSA) is 37.3 Å². The van der Waals surface area contributed by atoms with Gasteiger partial charge in [0.25, 0.3) is 0 Å². The summed E-state index contributed by atoms with van der Waals surface area (Å²) in [6.07, 6.45) is -4.73. The van der Waals surface area contributed by atoms with Crippen molar-refractivity contribution in [2.45, 2.75) is 11.1 Å². The monoisotopic (exact) mass is 300 g/mol. The number of carboxylic acid groups (broad SMARTS) is 1. The van der Waals surface area contributed by atoms with E-state index >= 15 is 0 Å². The Hall–Kier alpha value is -1.69. The van der Waals surface area contributed by atoms with Crippen molar-refractivity contribution in [2.24, 2.45) is 5.92 Å². The van der Waals surface area contributed by atoms with Gasteiger partial charge in [0.1, 0.15) is 0 Å². The zero-order valence-electron chi connectivity index (χ0n) is 10.2. The first-order valence-electron chi connectivity index (χ1n) is 5.79. The van der Waals surface area contributed by atoms with Crippen LogP contribution in [-0.2, 0) is 4.79 Å². The van der Waals surface area contributed by atoms with E-state index < -0.39 is 23.8 Å². The summed E-state index contributed by atoms with van der Waals surface area (Å²) < 4.78 is 37.6. The molecule has 2 rings (SSSR count). The summed E-state index contributed by atoms with van der Waals surface area (Å²) in [5.74, 6) is -4.72. The number of carboxylic acids is 1. The van der Waals surface area contributed by atoms with Gasteiger partial charge in [-0.1, -0.05) is 30.3 Å². The van der Waals surface area contributed by atoms with Crippen LogP contribution < -0.4 is 0 Å². The molecule has 106 valence electrons. The number of thioether (sulfide) groups is 1. The Kier molecular flexibility index (Phi) is 4.23. The summed E-state index contributed by atoms with van der Waals surface area (Å²) >= 11 is 0.898. The number of fused-ring (bicyclic) bond motifs is 1. The third kappa shape index (κ3) is 3.45. The predicted octanol–water partition coefficient (Wildman–Crippen LogP) is 4.20. The molecule has 0 aliphatic heterocycles. The van der Waals surface area contributed by atoms with Gasteiger partial charge in [0.05, 0.1) is 0 Å². The molecule has 1 unspecified atom stereocenters. The minimum Gasteiger partial charge on any atom is -0.481 e. The van der Waals surface area contributed by atoms with Gasteiger partial charge in [-0.3, -0.25) is 4.79 Å². The Labute approximate surface area is 117 Å². The molecule has 2 aromatic carbocycles. The molecule has 20 heavy (non-hydrogen) atoms. The number of benzene rings is 2. The molecule has 0 fully saturated rings. The highest BCUT2D eigenvalue weighted by molar-refractivity contribution is 7.99. The molecule has 2 nitrogen and oxygen atoms in total. The van der Waals surface area contributed by atoms with Crippen molar-refractivity contribution in [1.82, 2.24) is 0 Å². The van der Waals surface area contributed by atoms with Crippen LogP contribution in [0.15, 0.2) is 47.4 Å². The second kappa shape index (κ2) is 5.75. The van der Waals surface area contributed by atoms with Crippen molar-refractivity contribution in [3.63, 3.8) is 0 Å². The quantitative estimate of drug-likeness (QED) is 0.860. The van der Waals surface area contributed by atoms with Gasteiger partial charge in [-0.2, -0.15) is 13.2 Å². The number of carbonyl (C=O) groups is 1. The van der Waals surface area contributed by atoms with Gasteiger partial charge < -0.3 is 5.11 Å². The first kappa shape index (κ1) is 14.7. The van der Waals surface area contributed by atoms with Crippen LogP contribution in [0.5, 0.6) is 0 Å². The van der Waals surface area contributed by atoms with E-state index in [0.717, 1.165) is 22.5 Å². The molecule has 2 aromatic rings. The van der Waals surface area contributed by atoms with E-state index in [-0.39, 0.29) is 0 Å². The van der Waals surface area contributed by atoms with Crippen molar-refractivity contribution in [3.8, 4) is 0 Å². The Morgan fingerprint density at radius 3 is 2.40 bits per heavy atom. The fourth-order valence-corrected chi connectivity index (χ4v) is 2.81. The lowest BCUT2D eigenvalue weighted by atomic mass is 10.1. The number of rotatable bonds is 4. The van der Waals surface area contributed by atoms with E-state index in [4.69, 9.17) is 5.11 Å². The van der Waals surface area contributed by atoms with Crippen molar-refractivity contribution in [2.75, 3.05) is 5.75 Å². The lowest BCUT2D eigenvalue weighted by Gasteiger charge is -2.15. The summed E-state index contributed by atoms with van der Waals surface area (Å²) in [5, 5.41) is 10.5.